The molecule has 1 aromatic heterocycles. The van der Waals surface area contributed by atoms with Crippen LogP contribution in [-0.2, 0) is 20.9 Å². The van der Waals surface area contributed by atoms with Crippen LogP contribution in [0, 0.1) is 18.8 Å². The van der Waals surface area contributed by atoms with E-state index < -0.39 is 0 Å². The number of fused-ring (bicyclic) bond motifs is 1. The molecule has 2 aliphatic rings. The van der Waals surface area contributed by atoms with Crippen LogP contribution in [0.3, 0.4) is 0 Å². The van der Waals surface area contributed by atoms with Gasteiger partial charge in [0.15, 0.2) is 0 Å². The molecule has 4 rings (SSSR count). The zero-order valence-corrected chi connectivity index (χ0v) is 17.1. The minimum atomic E-state index is -0.270. The number of hydrogen-bond donors (Lipinski definition) is 0. The lowest BCUT2D eigenvalue weighted by atomic mass is 9.85. The Hall–Kier alpha value is -3.29. The van der Waals surface area contributed by atoms with E-state index in [1.165, 1.54) is 9.80 Å². The van der Waals surface area contributed by atoms with E-state index in [0.717, 1.165) is 11.1 Å². The monoisotopic (exact) mass is 408 g/mol. The van der Waals surface area contributed by atoms with Crippen molar-refractivity contribution >= 4 is 17.7 Å². The van der Waals surface area contributed by atoms with Crippen molar-refractivity contribution in [1.82, 2.24) is 19.9 Å². The van der Waals surface area contributed by atoms with Crippen molar-refractivity contribution in [3.05, 3.63) is 47.9 Å². The van der Waals surface area contributed by atoms with Crippen molar-refractivity contribution in [2.24, 2.45) is 11.8 Å². The van der Waals surface area contributed by atoms with Crippen molar-refractivity contribution < 1.29 is 18.9 Å². The number of aryl methyl sites for hydroxylation is 1. The summed E-state index contributed by atoms with van der Waals surface area (Å²) in [6, 6.07) is 7.76. The number of likely N-dealkylation sites (tertiary alicyclic amines) is 1. The molecular formula is C22H24N4O4. The van der Waals surface area contributed by atoms with E-state index in [4.69, 9.17) is 4.52 Å². The number of aromatic nitrogens is 2. The van der Waals surface area contributed by atoms with Gasteiger partial charge < -0.3 is 9.42 Å². The molecule has 0 bridgehead atoms. The molecule has 0 saturated carbocycles. The van der Waals surface area contributed by atoms with Gasteiger partial charge in [-0.3, -0.25) is 19.3 Å². The summed E-state index contributed by atoms with van der Waals surface area (Å²) < 4.78 is 5.28. The third-order valence-electron chi connectivity index (χ3n) is 5.69. The van der Waals surface area contributed by atoms with Crippen molar-refractivity contribution in [2.75, 3.05) is 13.6 Å². The molecule has 0 unspecified atom stereocenters. The predicted octanol–water partition coefficient (Wildman–Crippen LogP) is 2.34. The minimum absolute atomic E-state index is 0.0692. The Bertz CT molecular complexity index is 986. The Morgan fingerprint density at radius 2 is 1.90 bits per heavy atom. The van der Waals surface area contributed by atoms with Crippen LogP contribution in [0.25, 0.3) is 11.4 Å². The molecule has 2 aromatic rings. The van der Waals surface area contributed by atoms with Gasteiger partial charge in [0, 0.05) is 25.6 Å². The molecule has 1 aliphatic heterocycles. The molecule has 0 spiro atoms. The normalized spacial score (nSPS) is 20.5. The van der Waals surface area contributed by atoms with Gasteiger partial charge in [0.2, 0.25) is 29.4 Å². The number of carbonyl (C=O) groups is 3. The first-order valence-electron chi connectivity index (χ1n) is 10.1. The fourth-order valence-electron chi connectivity index (χ4n) is 4.00. The lowest BCUT2D eigenvalue weighted by Crippen LogP contribution is -2.36. The number of rotatable bonds is 6. The molecule has 1 aliphatic carbocycles. The van der Waals surface area contributed by atoms with Crippen LogP contribution in [0.2, 0.25) is 0 Å². The summed E-state index contributed by atoms with van der Waals surface area (Å²) in [5.74, 6) is -0.262. The lowest BCUT2D eigenvalue weighted by Gasteiger charge is -2.18. The maximum atomic E-state index is 12.5. The Morgan fingerprint density at radius 1 is 1.20 bits per heavy atom. The van der Waals surface area contributed by atoms with Gasteiger partial charge in [0.05, 0.1) is 18.4 Å². The average molecular weight is 408 g/mol. The van der Waals surface area contributed by atoms with Crippen molar-refractivity contribution in [3.63, 3.8) is 0 Å². The van der Waals surface area contributed by atoms with Crippen LogP contribution >= 0.6 is 0 Å². The van der Waals surface area contributed by atoms with Crippen LogP contribution in [-0.4, -0.2) is 51.3 Å². The van der Waals surface area contributed by atoms with Gasteiger partial charge in [-0.1, -0.05) is 41.1 Å². The molecule has 0 N–H and O–H groups in total. The highest BCUT2D eigenvalue weighted by Gasteiger charge is 2.46. The fourth-order valence-corrected chi connectivity index (χ4v) is 4.00. The molecule has 8 nitrogen and oxygen atoms in total. The van der Waals surface area contributed by atoms with E-state index in [-0.39, 0.29) is 49.1 Å². The predicted molar refractivity (Wildman–Crippen MR) is 108 cm³/mol. The van der Waals surface area contributed by atoms with E-state index >= 15 is 0 Å². The van der Waals surface area contributed by atoms with E-state index in [1.807, 2.05) is 43.3 Å². The quantitative estimate of drug-likeness (QED) is 0.538. The van der Waals surface area contributed by atoms with Crippen molar-refractivity contribution in [3.8, 4) is 11.4 Å². The van der Waals surface area contributed by atoms with E-state index in [9.17, 15) is 14.4 Å². The molecular weight excluding hydrogens is 384 g/mol. The fraction of sp³-hybridized carbons (Fsp3) is 0.409. The Morgan fingerprint density at radius 3 is 2.57 bits per heavy atom. The first-order valence-corrected chi connectivity index (χ1v) is 10.1. The first kappa shape index (κ1) is 20.0. The molecule has 2 atom stereocenters. The maximum Gasteiger partial charge on any atom is 0.246 e. The van der Waals surface area contributed by atoms with E-state index in [0.29, 0.717) is 24.6 Å². The van der Waals surface area contributed by atoms with Gasteiger partial charge in [0.25, 0.3) is 0 Å². The number of benzene rings is 1. The summed E-state index contributed by atoms with van der Waals surface area (Å²) in [7, 11) is 1.64. The van der Waals surface area contributed by atoms with Crippen LogP contribution in [0.5, 0.6) is 0 Å². The summed E-state index contributed by atoms with van der Waals surface area (Å²) in [5.41, 5.74) is 1.94. The van der Waals surface area contributed by atoms with Crippen LogP contribution < -0.4 is 0 Å². The molecule has 8 heteroatoms. The number of hydrogen-bond acceptors (Lipinski definition) is 6. The van der Waals surface area contributed by atoms with Crippen LogP contribution in [0.4, 0.5) is 0 Å². The number of allylic oxidation sites excluding steroid dienone is 2. The van der Waals surface area contributed by atoms with Gasteiger partial charge in [-0.05, 0) is 25.8 Å². The molecule has 2 heterocycles. The number of amides is 3. The summed E-state index contributed by atoms with van der Waals surface area (Å²) in [6.07, 6.45) is 5.16. The summed E-state index contributed by atoms with van der Waals surface area (Å²) >= 11 is 0. The highest BCUT2D eigenvalue weighted by Crippen LogP contribution is 2.35. The molecule has 3 amide bonds. The summed E-state index contributed by atoms with van der Waals surface area (Å²) in [4.78, 5) is 44.6. The zero-order chi connectivity index (χ0) is 21.3. The lowest BCUT2D eigenvalue weighted by molar-refractivity contribution is -0.140. The van der Waals surface area contributed by atoms with Gasteiger partial charge in [-0.2, -0.15) is 4.98 Å². The number of imide groups is 1. The molecule has 1 saturated heterocycles. The van der Waals surface area contributed by atoms with Crippen molar-refractivity contribution in [2.45, 2.75) is 32.7 Å². The second-order valence-electron chi connectivity index (χ2n) is 7.86. The van der Waals surface area contributed by atoms with E-state index in [1.54, 1.807) is 7.05 Å². The topological polar surface area (TPSA) is 96.6 Å². The Balaban J connectivity index is 1.33. The van der Waals surface area contributed by atoms with Gasteiger partial charge in [-0.25, -0.2) is 0 Å². The average Bonchev–Trinajstić information content (AvgIpc) is 3.30. The molecule has 30 heavy (non-hydrogen) atoms. The second kappa shape index (κ2) is 8.22. The number of nitrogens with zero attached hydrogens (tertiary/aromatic N) is 4. The van der Waals surface area contributed by atoms with Crippen LogP contribution in [0.15, 0.2) is 40.9 Å². The zero-order valence-electron chi connectivity index (χ0n) is 17.1. The summed E-state index contributed by atoms with van der Waals surface area (Å²) in [5, 5.41) is 3.98. The largest absolute Gasteiger partial charge is 0.337 e. The first-order chi connectivity index (χ1) is 14.4. The summed E-state index contributed by atoms with van der Waals surface area (Å²) in [6.45, 7) is 2.25. The highest BCUT2D eigenvalue weighted by molar-refractivity contribution is 6.05. The van der Waals surface area contributed by atoms with Gasteiger partial charge in [-0.15, -0.1) is 0 Å². The molecule has 0 radical (unpaired) electrons. The Labute approximate surface area is 174 Å². The molecule has 1 fully saturated rings. The molecule has 156 valence electrons. The SMILES string of the molecule is Cc1cccc(-c2noc(CN(C)C(=O)CCN3C(=O)[C@H]4CC=CC[C@H]4C3=O)n2)c1. The van der Waals surface area contributed by atoms with Crippen LogP contribution in [0.1, 0.15) is 30.7 Å². The van der Waals surface area contributed by atoms with E-state index in [2.05, 4.69) is 10.1 Å². The van der Waals surface area contributed by atoms with Gasteiger partial charge >= 0.3 is 0 Å². The minimum Gasteiger partial charge on any atom is -0.337 e. The van der Waals surface area contributed by atoms with Crippen molar-refractivity contribution in [1.29, 1.82) is 0 Å². The number of carbonyl (C=O) groups excluding carboxylic acids is 3. The Kier molecular flexibility index (Phi) is 5.48. The second-order valence-corrected chi connectivity index (χ2v) is 7.86. The highest BCUT2D eigenvalue weighted by atomic mass is 16.5. The maximum absolute atomic E-state index is 12.5. The van der Waals surface area contributed by atoms with Gasteiger partial charge in [0.1, 0.15) is 0 Å². The smallest absolute Gasteiger partial charge is 0.246 e. The molecule has 1 aromatic carbocycles. The third kappa shape index (κ3) is 3.90. The standard InChI is InChI=1S/C22H24N4O4/c1-14-6-5-7-15(12-14)20-23-18(30-24-20)13-25(2)19(27)10-11-26-21(28)16-8-3-4-9-17(16)22(26)29/h3-7,12,16-17H,8-11,13H2,1-2H3/t16-,17+. The third-order valence-corrected chi connectivity index (χ3v) is 5.69.